The van der Waals surface area contributed by atoms with Crippen LogP contribution in [0.15, 0.2) is 28.9 Å². The van der Waals surface area contributed by atoms with Gasteiger partial charge >= 0.3 is 0 Å². The molecule has 0 saturated heterocycles. The molecule has 1 N–H and O–H groups in total. The summed E-state index contributed by atoms with van der Waals surface area (Å²) in [7, 11) is 0. The van der Waals surface area contributed by atoms with Crippen LogP contribution < -0.4 is 5.32 Å². The Kier molecular flexibility index (Phi) is 2.62. The van der Waals surface area contributed by atoms with Gasteiger partial charge in [0.25, 0.3) is 0 Å². The van der Waals surface area contributed by atoms with Gasteiger partial charge in [0.2, 0.25) is 0 Å². The van der Waals surface area contributed by atoms with Crippen molar-refractivity contribution in [3.8, 4) is 0 Å². The maximum Gasteiger partial charge on any atom is 0.165 e. The van der Waals surface area contributed by atoms with Gasteiger partial charge in [0.1, 0.15) is 0 Å². The van der Waals surface area contributed by atoms with Crippen LogP contribution in [0.25, 0.3) is 0 Å². The first kappa shape index (κ1) is 9.64. The van der Waals surface area contributed by atoms with Crippen molar-refractivity contribution in [2.45, 2.75) is 13.5 Å². The summed E-state index contributed by atoms with van der Waals surface area (Å²) >= 11 is 0. The van der Waals surface area contributed by atoms with Crippen molar-refractivity contribution in [2.75, 3.05) is 5.32 Å². The molecule has 0 amide bonds. The number of halogens is 1. The molecule has 15 heavy (non-hydrogen) atoms. The lowest BCUT2D eigenvalue weighted by Crippen LogP contribution is -2.02. The number of hydrogen-bond donors (Lipinski definition) is 1. The zero-order valence-electron chi connectivity index (χ0n) is 8.20. The standard InChI is InChI=1S/C10H10FN3O/c1-7-5-8(15-14-7)6-13-10-9(11)3-2-4-12-10/h2-5H,6H2,1H3,(H,12,13). The number of aromatic nitrogens is 2. The fraction of sp³-hybridized carbons (Fsp3) is 0.200. The number of nitrogens with zero attached hydrogens (tertiary/aromatic N) is 2. The second kappa shape index (κ2) is 4.08. The highest BCUT2D eigenvalue weighted by molar-refractivity contribution is 5.35. The van der Waals surface area contributed by atoms with E-state index in [9.17, 15) is 4.39 Å². The van der Waals surface area contributed by atoms with E-state index < -0.39 is 0 Å². The number of hydrogen-bond acceptors (Lipinski definition) is 4. The molecular formula is C10H10FN3O. The Morgan fingerprint density at radius 3 is 3.07 bits per heavy atom. The van der Waals surface area contributed by atoms with Gasteiger partial charge in [-0.3, -0.25) is 0 Å². The maximum absolute atomic E-state index is 13.1. The average Bonchev–Trinajstić information content (AvgIpc) is 2.63. The Morgan fingerprint density at radius 2 is 2.40 bits per heavy atom. The van der Waals surface area contributed by atoms with E-state index in [4.69, 9.17) is 4.52 Å². The molecular weight excluding hydrogens is 197 g/mol. The molecule has 0 aliphatic carbocycles. The third-order valence-corrected chi connectivity index (χ3v) is 1.87. The molecule has 2 heterocycles. The van der Waals surface area contributed by atoms with Crippen LogP contribution in [-0.2, 0) is 6.54 Å². The highest BCUT2D eigenvalue weighted by Crippen LogP contribution is 2.10. The van der Waals surface area contributed by atoms with Gasteiger partial charge in [0, 0.05) is 12.3 Å². The van der Waals surface area contributed by atoms with E-state index in [0.717, 1.165) is 5.69 Å². The quantitative estimate of drug-likeness (QED) is 0.837. The minimum atomic E-state index is -0.381. The molecule has 0 fully saturated rings. The lowest BCUT2D eigenvalue weighted by atomic mass is 10.4. The lowest BCUT2D eigenvalue weighted by Gasteiger charge is -2.02. The van der Waals surface area contributed by atoms with Gasteiger partial charge in [-0.25, -0.2) is 9.37 Å². The van der Waals surface area contributed by atoms with Crippen LogP contribution >= 0.6 is 0 Å². The molecule has 2 aromatic heterocycles. The van der Waals surface area contributed by atoms with Crippen molar-refractivity contribution in [1.82, 2.24) is 10.1 Å². The van der Waals surface area contributed by atoms with Crippen molar-refractivity contribution in [3.63, 3.8) is 0 Å². The molecule has 0 unspecified atom stereocenters. The van der Waals surface area contributed by atoms with Gasteiger partial charge in [-0.1, -0.05) is 5.16 Å². The second-order valence-corrected chi connectivity index (χ2v) is 3.12. The van der Waals surface area contributed by atoms with Crippen LogP contribution in [0.1, 0.15) is 11.5 Å². The van der Waals surface area contributed by atoms with Gasteiger partial charge in [0.05, 0.1) is 12.2 Å². The van der Waals surface area contributed by atoms with E-state index in [-0.39, 0.29) is 11.6 Å². The number of pyridine rings is 1. The Labute approximate surface area is 86.1 Å². The van der Waals surface area contributed by atoms with E-state index in [0.29, 0.717) is 12.3 Å². The van der Waals surface area contributed by atoms with Crippen LogP contribution in [0.4, 0.5) is 10.2 Å². The van der Waals surface area contributed by atoms with E-state index in [1.165, 1.54) is 12.3 Å². The minimum Gasteiger partial charge on any atom is -0.360 e. The summed E-state index contributed by atoms with van der Waals surface area (Å²) in [5.74, 6) is 0.484. The molecule has 0 bridgehead atoms. The molecule has 0 aliphatic rings. The highest BCUT2D eigenvalue weighted by atomic mass is 19.1. The van der Waals surface area contributed by atoms with Gasteiger partial charge in [-0.2, -0.15) is 0 Å². The van der Waals surface area contributed by atoms with E-state index >= 15 is 0 Å². The Bertz CT molecular complexity index is 455. The monoisotopic (exact) mass is 207 g/mol. The third-order valence-electron chi connectivity index (χ3n) is 1.87. The first-order valence-electron chi connectivity index (χ1n) is 4.52. The summed E-state index contributed by atoms with van der Waals surface area (Å²) in [5.41, 5.74) is 0.799. The molecule has 0 spiro atoms. The molecule has 0 saturated carbocycles. The van der Waals surface area contributed by atoms with Gasteiger partial charge in [0.15, 0.2) is 17.4 Å². The van der Waals surface area contributed by atoms with Crippen molar-refractivity contribution in [1.29, 1.82) is 0 Å². The number of aryl methyl sites for hydroxylation is 1. The van der Waals surface area contributed by atoms with Crippen molar-refractivity contribution >= 4 is 5.82 Å². The summed E-state index contributed by atoms with van der Waals surface area (Å²) in [6, 6.07) is 4.67. The highest BCUT2D eigenvalue weighted by Gasteiger charge is 2.04. The predicted octanol–water partition coefficient (Wildman–Crippen LogP) is 2.13. The smallest absolute Gasteiger partial charge is 0.165 e. The van der Waals surface area contributed by atoms with Gasteiger partial charge in [-0.15, -0.1) is 0 Å². The molecule has 0 radical (unpaired) electrons. The Hall–Kier alpha value is -1.91. The largest absolute Gasteiger partial charge is 0.360 e. The van der Waals surface area contributed by atoms with Crippen LogP contribution in [0, 0.1) is 12.7 Å². The number of anilines is 1. The molecule has 78 valence electrons. The SMILES string of the molecule is Cc1cc(CNc2ncccc2F)on1. The number of rotatable bonds is 3. The van der Waals surface area contributed by atoms with E-state index in [1.54, 1.807) is 12.1 Å². The summed E-state index contributed by atoms with van der Waals surface area (Å²) in [4.78, 5) is 3.85. The van der Waals surface area contributed by atoms with Crippen molar-refractivity contribution in [3.05, 3.63) is 41.7 Å². The Balaban J connectivity index is 2.02. The van der Waals surface area contributed by atoms with Crippen LogP contribution in [0.2, 0.25) is 0 Å². The Morgan fingerprint density at radius 1 is 1.53 bits per heavy atom. The average molecular weight is 207 g/mol. The molecule has 5 heteroatoms. The molecule has 0 aromatic carbocycles. The topological polar surface area (TPSA) is 51.0 Å². The number of nitrogens with one attached hydrogen (secondary N) is 1. The van der Waals surface area contributed by atoms with Gasteiger partial charge < -0.3 is 9.84 Å². The molecule has 2 aromatic rings. The first-order valence-corrected chi connectivity index (χ1v) is 4.52. The second-order valence-electron chi connectivity index (χ2n) is 3.12. The fourth-order valence-corrected chi connectivity index (χ4v) is 1.19. The molecule has 0 atom stereocenters. The van der Waals surface area contributed by atoms with E-state index in [2.05, 4.69) is 15.5 Å². The zero-order chi connectivity index (χ0) is 10.7. The van der Waals surface area contributed by atoms with Crippen LogP contribution in [0.3, 0.4) is 0 Å². The first-order chi connectivity index (χ1) is 7.25. The molecule has 2 rings (SSSR count). The summed E-state index contributed by atoms with van der Waals surface area (Å²) in [6.07, 6.45) is 1.52. The maximum atomic E-state index is 13.1. The zero-order valence-corrected chi connectivity index (χ0v) is 8.20. The van der Waals surface area contributed by atoms with E-state index in [1.807, 2.05) is 6.92 Å². The van der Waals surface area contributed by atoms with Gasteiger partial charge in [-0.05, 0) is 19.1 Å². The summed E-state index contributed by atoms with van der Waals surface area (Å²) < 4.78 is 18.1. The third kappa shape index (κ3) is 2.31. The molecule has 0 aliphatic heterocycles. The summed E-state index contributed by atoms with van der Waals surface area (Å²) in [5, 5.41) is 6.54. The van der Waals surface area contributed by atoms with Crippen LogP contribution in [-0.4, -0.2) is 10.1 Å². The summed E-state index contributed by atoms with van der Waals surface area (Å²) in [6.45, 7) is 2.20. The van der Waals surface area contributed by atoms with Crippen LogP contribution in [0.5, 0.6) is 0 Å². The lowest BCUT2D eigenvalue weighted by molar-refractivity contribution is 0.384. The fourth-order valence-electron chi connectivity index (χ4n) is 1.19. The molecule has 4 nitrogen and oxygen atoms in total. The minimum absolute atomic E-state index is 0.214. The van der Waals surface area contributed by atoms with Crippen molar-refractivity contribution < 1.29 is 8.91 Å². The predicted molar refractivity (Wildman–Crippen MR) is 52.8 cm³/mol. The van der Waals surface area contributed by atoms with Crippen molar-refractivity contribution in [2.24, 2.45) is 0 Å². The normalized spacial score (nSPS) is 10.3.